The normalized spacial score (nSPS) is 25.5. The van der Waals surface area contributed by atoms with Gasteiger partial charge in [-0.15, -0.1) is 0 Å². The van der Waals surface area contributed by atoms with Crippen molar-refractivity contribution in [2.45, 2.75) is 95.2 Å². The number of alkyl halides is 2. The van der Waals surface area contributed by atoms with Crippen molar-refractivity contribution in [1.82, 2.24) is 20.9 Å². The first-order chi connectivity index (χ1) is 15.1. The highest BCUT2D eigenvalue weighted by Crippen LogP contribution is 2.42. The topological polar surface area (TPSA) is 97.3 Å². The minimum Gasteiger partial charge on any atom is -0.343 e. The summed E-state index contributed by atoms with van der Waals surface area (Å²) in [5, 5.41) is 17.9. The van der Waals surface area contributed by atoms with E-state index in [9.17, 15) is 23.6 Å². The summed E-state index contributed by atoms with van der Waals surface area (Å²) in [4.78, 5) is 28.3. The van der Waals surface area contributed by atoms with Gasteiger partial charge in [-0.1, -0.05) is 13.3 Å². The number of hydrogen-bond donors (Lipinski definition) is 3. The molecule has 3 aliphatic rings. The van der Waals surface area contributed by atoms with Crippen LogP contribution >= 0.6 is 0 Å². The molecule has 0 bridgehead atoms. The third kappa shape index (κ3) is 6.38. The molecule has 2 atom stereocenters. The van der Waals surface area contributed by atoms with Crippen LogP contribution in [0.3, 0.4) is 0 Å². The lowest BCUT2D eigenvalue weighted by Crippen LogP contribution is -2.59. The summed E-state index contributed by atoms with van der Waals surface area (Å²) in [5.41, 5.74) is -0.887. The quantitative estimate of drug-likeness (QED) is 0.498. The maximum atomic E-state index is 13.9. The minimum atomic E-state index is -3.12. The number of carbonyl (C=O) groups excluding carboxylic acids is 2. The first-order valence-electron chi connectivity index (χ1n) is 12.0. The lowest BCUT2D eigenvalue weighted by Gasteiger charge is -2.48. The summed E-state index contributed by atoms with van der Waals surface area (Å²) >= 11 is 0. The standard InChI is InChI=1S/C23H37F2N5O2/c1-3-4-12-30-13-9-22(7-10-27-11-8-22)15-18(30)20(32)28-17(14-21(2,24)25)19(31)29-23(16-26)5-6-23/h17-18,27H,3-15H2,1-2H3,(H,28,32)(H,29,31)/t17-,18?/m0/s1. The second kappa shape index (κ2) is 10.0. The molecule has 7 nitrogen and oxygen atoms in total. The van der Waals surface area contributed by atoms with Crippen molar-refractivity contribution >= 4 is 11.8 Å². The second-order valence-electron chi connectivity index (χ2n) is 10.1. The van der Waals surface area contributed by atoms with Gasteiger partial charge in [0.05, 0.1) is 12.1 Å². The Hall–Kier alpha value is -1.79. The number of carbonyl (C=O) groups is 2. The average molecular weight is 454 g/mol. The van der Waals surface area contributed by atoms with Gasteiger partial charge >= 0.3 is 0 Å². The zero-order valence-electron chi connectivity index (χ0n) is 19.3. The highest BCUT2D eigenvalue weighted by Gasteiger charge is 2.48. The first-order valence-corrected chi connectivity index (χ1v) is 12.0. The van der Waals surface area contributed by atoms with Crippen molar-refractivity contribution in [2.24, 2.45) is 5.41 Å². The predicted molar refractivity (Wildman–Crippen MR) is 117 cm³/mol. The Morgan fingerprint density at radius 1 is 1.25 bits per heavy atom. The molecule has 1 unspecified atom stereocenters. The van der Waals surface area contributed by atoms with Crippen LogP contribution in [0.4, 0.5) is 8.78 Å². The zero-order chi connectivity index (χ0) is 23.4. The highest BCUT2D eigenvalue weighted by atomic mass is 19.3. The summed E-state index contributed by atoms with van der Waals surface area (Å²) < 4.78 is 27.7. The molecule has 3 fully saturated rings. The molecule has 9 heteroatoms. The zero-order valence-corrected chi connectivity index (χ0v) is 19.3. The van der Waals surface area contributed by atoms with Gasteiger partial charge in [0.2, 0.25) is 17.7 Å². The molecule has 0 aromatic heterocycles. The van der Waals surface area contributed by atoms with Gasteiger partial charge in [0.25, 0.3) is 0 Å². The number of piperidine rings is 2. The maximum Gasteiger partial charge on any atom is 0.247 e. The number of rotatable bonds is 9. The van der Waals surface area contributed by atoms with Crippen molar-refractivity contribution in [3.05, 3.63) is 0 Å². The van der Waals surface area contributed by atoms with Crippen LogP contribution in [0.1, 0.15) is 71.6 Å². The largest absolute Gasteiger partial charge is 0.343 e. The van der Waals surface area contributed by atoms with Gasteiger partial charge in [-0.2, -0.15) is 5.26 Å². The van der Waals surface area contributed by atoms with Crippen molar-refractivity contribution in [3.63, 3.8) is 0 Å². The molecule has 1 aliphatic carbocycles. The van der Waals surface area contributed by atoms with Crippen molar-refractivity contribution in [2.75, 3.05) is 26.2 Å². The molecular formula is C23H37F2N5O2. The fraction of sp³-hybridized carbons (Fsp3) is 0.870. The van der Waals surface area contributed by atoms with Crippen molar-refractivity contribution in [3.8, 4) is 6.07 Å². The van der Waals surface area contributed by atoms with Crippen molar-refractivity contribution < 1.29 is 18.4 Å². The van der Waals surface area contributed by atoms with Crippen LogP contribution in [0.5, 0.6) is 0 Å². The summed E-state index contributed by atoms with van der Waals surface area (Å²) in [6.07, 6.45) is 5.89. The van der Waals surface area contributed by atoms with E-state index in [2.05, 4.69) is 27.8 Å². The molecule has 3 N–H and O–H groups in total. The molecule has 0 aromatic carbocycles. The number of likely N-dealkylation sites (tertiary alicyclic amines) is 1. The van der Waals surface area contributed by atoms with Crippen LogP contribution in [0.15, 0.2) is 0 Å². The van der Waals surface area contributed by atoms with Crippen LogP contribution in [-0.4, -0.2) is 66.4 Å². The molecule has 1 spiro atoms. The number of nitriles is 1. The van der Waals surface area contributed by atoms with E-state index in [0.717, 1.165) is 65.2 Å². The van der Waals surface area contributed by atoms with Crippen LogP contribution in [0.2, 0.25) is 0 Å². The van der Waals surface area contributed by atoms with Crippen molar-refractivity contribution in [1.29, 1.82) is 5.26 Å². The SMILES string of the molecule is CCCCN1CCC2(CCNCC2)CC1C(=O)N[C@@H](CC(C)(F)F)C(=O)NC1(C#N)CC1. The van der Waals surface area contributed by atoms with Gasteiger partial charge < -0.3 is 16.0 Å². The lowest BCUT2D eigenvalue weighted by molar-refractivity contribution is -0.136. The van der Waals surface area contributed by atoms with E-state index in [1.807, 2.05) is 6.07 Å². The highest BCUT2D eigenvalue weighted by molar-refractivity contribution is 5.90. The minimum absolute atomic E-state index is 0.0846. The monoisotopic (exact) mass is 453 g/mol. The van der Waals surface area contributed by atoms with E-state index in [0.29, 0.717) is 19.3 Å². The summed E-state index contributed by atoms with van der Waals surface area (Å²) in [6.45, 7) is 6.27. The summed E-state index contributed by atoms with van der Waals surface area (Å²) in [5.74, 6) is -4.18. The van der Waals surface area contributed by atoms with Crippen LogP contribution in [0, 0.1) is 16.7 Å². The Bertz CT molecular complexity index is 723. The predicted octanol–water partition coefficient (Wildman–Crippen LogP) is 2.32. The number of amides is 2. The fourth-order valence-electron chi connectivity index (χ4n) is 5.02. The van der Waals surface area contributed by atoms with Gasteiger partial charge in [0.1, 0.15) is 11.6 Å². The fourth-order valence-corrected chi connectivity index (χ4v) is 5.02. The molecule has 1 saturated carbocycles. The van der Waals surface area contributed by atoms with Gasteiger partial charge in [-0.05, 0) is 83.5 Å². The Kier molecular flexibility index (Phi) is 7.77. The van der Waals surface area contributed by atoms with E-state index in [-0.39, 0.29) is 11.3 Å². The molecule has 2 amide bonds. The Labute approximate surface area is 189 Å². The molecule has 3 rings (SSSR count). The third-order valence-electron chi connectivity index (χ3n) is 7.28. The molecule has 32 heavy (non-hydrogen) atoms. The third-order valence-corrected chi connectivity index (χ3v) is 7.28. The summed E-state index contributed by atoms with van der Waals surface area (Å²) in [6, 6.07) is 0.242. The molecular weight excluding hydrogens is 416 g/mol. The van der Waals surface area contributed by atoms with Gasteiger partial charge in [-0.25, -0.2) is 8.78 Å². The van der Waals surface area contributed by atoms with E-state index < -0.39 is 35.9 Å². The molecule has 2 heterocycles. The second-order valence-corrected chi connectivity index (χ2v) is 10.1. The maximum absolute atomic E-state index is 13.9. The number of hydrogen-bond acceptors (Lipinski definition) is 5. The van der Waals surface area contributed by atoms with E-state index in [1.165, 1.54) is 0 Å². The van der Waals surface area contributed by atoms with Crippen LogP contribution in [0.25, 0.3) is 0 Å². The Morgan fingerprint density at radius 3 is 2.50 bits per heavy atom. The van der Waals surface area contributed by atoms with Crippen LogP contribution in [-0.2, 0) is 9.59 Å². The van der Waals surface area contributed by atoms with Crippen LogP contribution < -0.4 is 16.0 Å². The Morgan fingerprint density at radius 2 is 1.94 bits per heavy atom. The molecule has 2 aliphatic heterocycles. The lowest BCUT2D eigenvalue weighted by atomic mass is 9.69. The van der Waals surface area contributed by atoms with E-state index in [4.69, 9.17) is 0 Å². The average Bonchev–Trinajstić information content (AvgIpc) is 3.52. The molecule has 0 radical (unpaired) electrons. The number of nitrogens with zero attached hydrogens (tertiary/aromatic N) is 2. The number of unbranched alkanes of at least 4 members (excludes halogenated alkanes) is 1. The smallest absolute Gasteiger partial charge is 0.247 e. The molecule has 180 valence electrons. The molecule has 2 saturated heterocycles. The number of halogens is 2. The van der Waals surface area contributed by atoms with Gasteiger partial charge in [-0.3, -0.25) is 14.5 Å². The summed E-state index contributed by atoms with van der Waals surface area (Å²) in [7, 11) is 0. The first kappa shape index (κ1) is 24.8. The van der Waals surface area contributed by atoms with Gasteiger partial charge in [0.15, 0.2) is 0 Å². The Balaban J connectivity index is 1.74. The van der Waals surface area contributed by atoms with Gasteiger partial charge in [0, 0.05) is 6.42 Å². The van der Waals surface area contributed by atoms with E-state index in [1.54, 1.807) is 0 Å². The van der Waals surface area contributed by atoms with E-state index >= 15 is 0 Å². The number of nitrogens with one attached hydrogen (secondary N) is 3. The molecule has 0 aromatic rings.